The number of carbonyl (C=O) groups excluding carboxylic acids is 2. The van der Waals surface area contributed by atoms with Crippen LogP contribution in [0.3, 0.4) is 0 Å². The molecule has 0 bridgehead atoms. The van der Waals surface area contributed by atoms with Gasteiger partial charge in [-0.15, -0.1) is 0 Å². The van der Waals surface area contributed by atoms with E-state index in [2.05, 4.69) is 20.4 Å². The van der Waals surface area contributed by atoms with E-state index in [0.717, 1.165) is 52.1 Å². The highest BCUT2D eigenvalue weighted by atomic mass is 16.3. The first-order valence-corrected chi connectivity index (χ1v) is 18.3. The minimum absolute atomic E-state index is 0.00198. The monoisotopic (exact) mass is 708 g/mol. The SMILES string of the molecule is Cc1c(/C=C/CCC(=O)NCCCN2CCN(CCCNC(=O)CC/C=C/c3c(C)c(O)c4ccccc4c3O)CC2)c(O)c2ccccc2c1O. The molecule has 0 atom stereocenters. The van der Waals surface area contributed by atoms with Gasteiger partial charge in [-0.2, -0.15) is 0 Å². The largest absolute Gasteiger partial charge is 0.507 e. The molecular weight excluding hydrogens is 656 g/mol. The van der Waals surface area contributed by atoms with Crippen LogP contribution in [0.4, 0.5) is 0 Å². The first kappa shape index (κ1) is 38.2. The molecule has 0 aromatic heterocycles. The van der Waals surface area contributed by atoms with Gasteiger partial charge < -0.3 is 40.9 Å². The highest BCUT2D eigenvalue weighted by molar-refractivity contribution is 5.98. The van der Waals surface area contributed by atoms with Crippen LogP contribution in [0.1, 0.15) is 60.8 Å². The number of piperazine rings is 1. The van der Waals surface area contributed by atoms with E-state index in [1.807, 2.05) is 36.4 Å². The van der Waals surface area contributed by atoms with Gasteiger partial charge in [0.15, 0.2) is 0 Å². The molecule has 0 aliphatic carbocycles. The molecular formula is C42H52N4O6. The minimum atomic E-state index is -0.00198. The molecule has 0 saturated carbocycles. The number of nitrogens with one attached hydrogen (secondary N) is 2. The highest BCUT2D eigenvalue weighted by Gasteiger charge is 2.17. The fourth-order valence-electron chi connectivity index (χ4n) is 6.81. The van der Waals surface area contributed by atoms with Gasteiger partial charge in [-0.3, -0.25) is 9.59 Å². The Bertz CT molecular complexity index is 1790. The molecule has 1 fully saturated rings. The van der Waals surface area contributed by atoms with Crippen molar-refractivity contribution in [2.45, 2.75) is 52.4 Å². The highest BCUT2D eigenvalue weighted by Crippen LogP contribution is 2.41. The average Bonchev–Trinajstić information content (AvgIpc) is 3.16. The van der Waals surface area contributed by atoms with Crippen molar-refractivity contribution < 1.29 is 30.0 Å². The van der Waals surface area contributed by atoms with E-state index in [1.54, 1.807) is 50.3 Å². The van der Waals surface area contributed by atoms with E-state index in [-0.39, 0.29) is 34.8 Å². The van der Waals surface area contributed by atoms with Crippen LogP contribution >= 0.6 is 0 Å². The number of aromatic hydroxyl groups is 4. The zero-order valence-electron chi connectivity index (χ0n) is 30.3. The number of hydrogen-bond donors (Lipinski definition) is 6. The number of hydrogen-bond acceptors (Lipinski definition) is 8. The smallest absolute Gasteiger partial charge is 0.220 e. The molecule has 0 radical (unpaired) electrons. The van der Waals surface area contributed by atoms with Crippen molar-refractivity contribution in [3.8, 4) is 23.0 Å². The van der Waals surface area contributed by atoms with E-state index in [4.69, 9.17) is 0 Å². The molecule has 4 aromatic carbocycles. The lowest BCUT2D eigenvalue weighted by Gasteiger charge is -2.34. The van der Waals surface area contributed by atoms with Gasteiger partial charge in [0.2, 0.25) is 11.8 Å². The van der Waals surface area contributed by atoms with Crippen LogP contribution < -0.4 is 10.6 Å². The Morgan fingerprint density at radius 3 is 1.31 bits per heavy atom. The van der Waals surface area contributed by atoms with Gasteiger partial charge in [-0.1, -0.05) is 72.8 Å². The molecule has 52 heavy (non-hydrogen) atoms. The zero-order valence-corrected chi connectivity index (χ0v) is 30.3. The summed E-state index contributed by atoms with van der Waals surface area (Å²) in [6.45, 7) is 10.6. The number of nitrogens with zero attached hydrogens (tertiary/aromatic N) is 2. The summed E-state index contributed by atoms with van der Waals surface area (Å²) in [5, 5.41) is 51.0. The summed E-state index contributed by atoms with van der Waals surface area (Å²) in [4.78, 5) is 29.6. The number of rotatable bonds is 16. The Morgan fingerprint density at radius 2 is 0.942 bits per heavy atom. The number of benzene rings is 4. The van der Waals surface area contributed by atoms with Gasteiger partial charge in [0.1, 0.15) is 23.0 Å². The molecule has 6 N–H and O–H groups in total. The van der Waals surface area contributed by atoms with Crippen LogP contribution in [-0.4, -0.2) is 94.4 Å². The lowest BCUT2D eigenvalue weighted by atomic mass is 9.98. The van der Waals surface area contributed by atoms with E-state index in [1.165, 1.54) is 0 Å². The normalized spacial score (nSPS) is 14.2. The van der Waals surface area contributed by atoms with Crippen molar-refractivity contribution in [2.75, 3.05) is 52.4 Å². The summed E-state index contributed by atoms with van der Waals surface area (Å²) in [6, 6.07) is 14.4. The Morgan fingerprint density at radius 1 is 0.596 bits per heavy atom. The van der Waals surface area contributed by atoms with Gasteiger partial charge in [-0.05, 0) is 52.6 Å². The van der Waals surface area contributed by atoms with Crippen LogP contribution in [-0.2, 0) is 9.59 Å². The van der Waals surface area contributed by atoms with Gasteiger partial charge in [0, 0.05) is 95.9 Å². The summed E-state index contributed by atoms with van der Waals surface area (Å²) < 4.78 is 0. The molecule has 0 unspecified atom stereocenters. The molecule has 10 heteroatoms. The van der Waals surface area contributed by atoms with E-state index in [9.17, 15) is 30.0 Å². The maximum Gasteiger partial charge on any atom is 0.220 e. The first-order valence-electron chi connectivity index (χ1n) is 18.3. The molecule has 1 saturated heterocycles. The summed E-state index contributed by atoms with van der Waals surface area (Å²) in [5.74, 6) is 0.577. The number of carbonyl (C=O) groups is 2. The van der Waals surface area contributed by atoms with Crippen LogP contribution in [0, 0.1) is 13.8 Å². The molecule has 2 amide bonds. The Labute approximate surface area is 306 Å². The van der Waals surface area contributed by atoms with Crippen molar-refractivity contribution in [1.82, 2.24) is 20.4 Å². The maximum absolute atomic E-state index is 12.4. The fraction of sp³-hybridized carbons (Fsp3) is 0.381. The number of allylic oxidation sites excluding steroid dienone is 2. The number of phenols is 4. The van der Waals surface area contributed by atoms with E-state index < -0.39 is 0 Å². The summed E-state index contributed by atoms with van der Waals surface area (Å²) in [6.07, 6.45) is 10.8. The van der Waals surface area contributed by atoms with E-state index in [0.29, 0.717) is 82.6 Å². The Balaban J connectivity index is 0.895. The third-order valence-electron chi connectivity index (χ3n) is 9.96. The van der Waals surface area contributed by atoms with Gasteiger partial charge in [-0.25, -0.2) is 0 Å². The van der Waals surface area contributed by atoms with Crippen LogP contribution in [0.5, 0.6) is 23.0 Å². The second-order valence-electron chi connectivity index (χ2n) is 13.5. The molecule has 1 aliphatic heterocycles. The van der Waals surface area contributed by atoms with Crippen molar-refractivity contribution in [1.29, 1.82) is 0 Å². The van der Waals surface area contributed by atoms with Crippen LogP contribution in [0.25, 0.3) is 33.7 Å². The Kier molecular flexibility index (Phi) is 13.5. The lowest BCUT2D eigenvalue weighted by Crippen LogP contribution is -2.47. The molecule has 1 heterocycles. The first-order chi connectivity index (χ1) is 25.2. The predicted octanol–water partition coefficient (Wildman–Crippen LogP) is 6.35. The van der Waals surface area contributed by atoms with Crippen LogP contribution in [0.15, 0.2) is 60.7 Å². The maximum atomic E-state index is 12.4. The lowest BCUT2D eigenvalue weighted by molar-refractivity contribution is -0.121. The fourth-order valence-corrected chi connectivity index (χ4v) is 6.81. The predicted molar refractivity (Wildman–Crippen MR) is 209 cm³/mol. The second-order valence-corrected chi connectivity index (χ2v) is 13.5. The third kappa shape index (κ3) is 9.63. The summed E-state index contributed by atoms with van der Waals surface area (Å²) in [7, 11) is 0. The molecule has 5 rings (SSSR count). The molecule has 4 aromatic rings. The molecule has 0 spiro atoms. The number of phenolic OH excluding ortho intramolecular Hbond substituents is 4. The number of amides is 2. The quantitative estimate of drug-likeness (QED) is 0.0584. The number of fused-ring (bicyclic) bond motifs is 2. The van der Waals surface area contributed by atoms with Crippen molar-refractivity contribution in [3.63, 3.8) is 0 Å². The minimum Gasteiger partial charge on any atom is -0.507 e. The topological polar surface area (TPSA) is 146 Å². The van der Waals surface area contributed by atoms with Crippen LogP contribution in [0.2, 0.25) is 0 Å². The second kappa shape index (κ2) is 18.4. The standard InChI is InChI=1S/C42H52N4O6/c1-29-31(41(51)35-17-5-3-15-33(35)39(29)49)13-7-9-19-37(47)43-21-11-23-45-25-27-46(28-26-45)24-12-22-44-38(48)20-10-8-14-32-30(2)40(50)34-16-4-6-18-36(34)42(32)52/h3-8,13-18,49-52H,9-12,19-28H2,1-2H3,(H,43,47)(H,44,48)/b13-7+,14-8+. The third-order valence-corrected chi connectivity index (χ3v) is 9.96. The Hall–Kier alpha value is -5.06. The molecule has 276 valence electrons. The average molecular weight is 709 g/mol. The van der Waals surface area contributed by atoms with E-state index >= 15 is 0 Å². The molecule has 1 aliphatic rings. The summed E-state index contributed by atoms with van der Waals surface area (Å²) >= 11 is 0. The van der Waals surface area contributed by atoms with Crippen molar-refractivity contribution in [2.24, 2.45) is 0 Å². The van der Waals surface area contributed by atoms with Crippen molar-refractivity contribution >= 4 is 45.5 Å². The van der Waals surface area contributed by atoms with Gasteiger partial charge >= 0.3 is 0 Å². The summed E-state index contributed by atoms with van der Waals surface area (Å²) in [5.41, 5.74) is 2.36. The van der Waals surface area contributed by atoms with Gasteiger partial charge in [0.05, 0.1) is 0 Å². The molecule has 10 nitrogen and oxygen atoms in total. The zero-order chi connectivity index (χ0) is 37.0. The van der Waals surface area contributed by atoms with Gasteiger partial charge in [0.25, 0.3) is 0 Å². The van der Waals surface area contributed by atoms with Crippen molar-refractivity contribution in [3.05, 3.63) is 82.9 Å².